The van der Waals surface area contributed by atoms with Gasteiger partial charge in [-0.3, -0.25) is 0 Å². The monoisotopic (exact) mass is 447 g/mol. The highest BCUT2D eigenvalue weighted by molar-refractivity contribution is 5.66. The molecule has 3 N–H and O–H groups in total. The molecular weight excluding hydrogens is 422 g/mol. The zero-order valence-electron chi connectivity index (χ0n) is 18.5. The van der Waals surface area contributed by atoms with Gasteiger partial charge in [0.25, 0.3) is 0 Å². The number of rotatable bonds is 6. The Balaban J connectivity index is 1.67. The second-order valence-corrected chi connectivity index (χ2v) is 7.76. The fourth-order valence-electron chi connectivity index (χ4n) is 3.53. The lowest BCUT2D eigenvalue weighted by atomic mass is 10.1. The minimum absolute atomic E-state index is 0.0747. The maximum absolute atomic E-state index is 9.89. The van der Waals surface area contributed by atoms with Gasteiger partial charge in [-0.1, -0.05) is 0 Å². The van der Waals surface area contributed by atoms with E-state index in [4.69, 9.17) is 15.2 Å². The van der Waals surface area contributed by atoms with Crippen LogP contribution in [0.25, 0.3) is 11.4 Å². The molecule has 1 saturated heterocycles. The van der Waals surface area contributed by atoms with E-state index in [-0.39, 0.29) is 12.6 Å². The van der Waals surface area contributed by atoms with E-state index in [1.54, 1.807) is 31.2 Å². The van der Waals surface area contributed by atoms with E-state index in [9.17, 15) is 10.4 Å². The van der Waals surface area contributed by atoms with Crippen LogP contribution in [0.15, 0.2) is 36.7 Å². The summed E-state index contributed by atoms with van der Waals surface area (Å²) in [7, 11) is 0. The van der Waals surface area contributed by atoms with Crippen molar-refractivity contribution in [3.05, 3.63) is 53.6 Å². The fourth-order valence-corrected chi connectivity index (χ4v) is 3.53. The number of morpholine rings is 1. The molecule has 1 aliphatic heterocycles. The highest BCUT2D eigenvalue weighted by Gasteiger charge is 2.20. The number of anilines is 1. The first-order valence-corrected chi connectivity index (χ1v) is 10.6. The first-order valence-electron chi connectivity index (χ1n) is 10.6. The van der Waals surface area contributed by atoms with E-state index in [2.05, 4.69) is 30.9 Å². The van der Waals surface area contributed by atoms with Gasteiger partial charge < -0.3 is 25.2 Å². The number of hydrogen-bond donors (Lipinski definition) is 2. The number of aliphatic hydroxyl groups excluding tert-OH is 1. The van der Waals surface area contributed by atoms with Crippen molar-refractivity contribution in [2.24, 2.45) is 5.73 Å². The van der Waals surface area contributed by atoms with Gasteiger partial charge >= 0.3 is 0 Å². The van der Waals surface area contributed by atoms with Crippen molar-refractivity contribution in [2.45, 2.75) is 26.1 Å². The molecule has 1 aromatic carbocycles. The highest BCUT2D eigenvalue weighted by Crippen LogP contribution is 2.33. The van der Waals surface area contributed by atoms with Gasteiger partial charge in [0.05, 0.1) is 36.0 Å². The van der Waals surface area contributed by atoms with Gasteiger partial charge in [-0.2, -0.15) is 10.2 Å². The second kappa shape index (κ2) is 9.87. The molecule has 3 heterocycles. The number of aryl methyl sites for hydroxylation is 1. The molecule has 0 spiro atoms. The first-order chi connectivity index (χ1) is 16.0. The number of ether oxygens (including phenoxy) is 2. The summed E-state index contributed by atoms with van der Waals surface area (Å²) < 4.78 is 11.8. The van der Waals surface area contributed by atoms with Crippen LogP contribution in [0.3, 0.4) is 0 Å². The van der Waals surface area contributed by atoms with Crippen molar-refractivity contribution in [3.8, 4) is 29.1 Å². The van der Waals surface area contributed by atoms with E-state index < -0.39 is 6.10 Å². The number of nitrogens with two attached hydrogens (primary N) is 1. The third-order valence-electron chi connectivity index (χ3n) is 5.21. The van der Waals surface area contributed by atoms with Crippen LogP contribution in [-0.4, -0.2) is 57.4 Å². The Labute approximate surface area is 191 Å². The Bertz CT molecular complexity index is 1160. The molecule has 0 saturated carbocycles. The number of nitriles is 1. The summed E-state index contributed by atoms with van der Waals surface area (Å²) in [6.07, 6.45) is 2.32. The maximum atomic E-state index is 9.89. The van der Waals surface area contributed by atoms with Crippen LogP contribution < -0.4 is 15.4 Å². The van der Waals surface area contributed by atoms with Crippen LogP contribution >= 0.6 is 0 Å². The summed E-state index contributed by atoms with van der Waals surface area (Å²) in [6.45, 7) is 5.98. The average Bonchev–Trinajstić information content (AvgIpc) is 2.83. The van der Waals surface area contributed by atoms with Crippen LogP contribution in [-0.2, 0) is 4.74 Å². The number of aliphatic hydroxyl groups is 1. The molecule has 0 amide bonds. The summed E-state index contributed by atoms with van der Waals surface area (Å²) >= 11 is 0. The molecule has 33 heavy (non-hydrogen) atoms. The zero-order valence-corrected chi connectivity index (χ0v) is 18.5. The molecule has 0 radical (unpaired) electrons. The van der Waals surface area contributed by atoms with Crippen LogP contribution in [0, 0.1) is 18.3 Å². The summed E-state index contributed by atoms with van der Waals surface area (Å²) in [5.41, 5.74) is 7.04. The van der Waals surface area contributed by atoms with Crippen molar-refractivity contribution < 1.29 is 14.6 Å². The maximum Gasteiger partial charge on any atom is 0.224 e. The molecule has 10 nitrogen and oxygen atoms in total. The lowest BCUT2D eigenvalue weighted by Gasteiger charge is -2.32. The lowest BCUT2D eigenvalue weighted by Crippen LogP contribution is -2.41. The normalized spacial score (nSPS) is 16.8. The number of aromatic nitrogens is 4. The summed E-state index contributed by atoms with van der Waals surface area (Å²) in [4.78, 5) is 19.8. The Morgan fingerprint density at radius 2 is 2.09 bits per heavy atom. The van der Waals surface area contributed by atoms with Crippen molar-refractivity contribution in [2.75, 3.05) is 31.1 Å². The quantitative estimate of drug-likeness (QED) is 0.576. The highest BCUT2D eigenvalue weighted by atomic mass is 16.5. The largest absolute Gasteiger partial charge is 0.438 e. The number of nitrogens with zero attached hydrogens (tertiary/aromatic N) is 6. The SMILES string of the molecule is Cc1nc(Oc2cc(C#N)ccc2-c2ncc([C@H](O)CN)cn2)cc(N2CCO[C@@H](C)C2)n1. The Kier molecular flexibility index (Phi) is 6.74. The summed E-state index contributed by atoms with van der Waals surface area (Å²) in [5.74, 6) is 2.44. The molecular formula is C23H25N7O3. The second-order valence-electron chi connectivity index (χ2n) is 7.76. The van der Waals surface area contributed by atoms with Gasteiger partial charge in [0.2, 0.25) is 5.88 Å². The third-order valence-corrected chi connectivity index (χ3v) is 5.21. The van der Waals surface area contributed by atoms with Gasteiger partial charge in [-0.05, 0) is 32.0 Å². The van der Waals surface area contributed by atoms with Crippen LogP contribution in [0.5, 0.6) is 11.6 Å². The van der Waals surface area contributed by atoms with E-state index in [0.29, 0.717) is 46.6 Å². The van der Waals surface area contributed by atoms with E-state index in [1.807, 2.05) is 6.92 Å². The molecule has 0 bridgehead atoms. The van der Waals surface area contributed by atoms with Gasteiger partial charge in [0.1, 0.15) is 17.4 Å². The topological polar surface area (TPSA) is 143 Å². The van der Waals surface area contributed by atoms with Gasteiger partial charge in [0, 0.05) is 43.7 Å². The molecule has 3 aromatic rings. The summed E-state index contributed by atoms with van der Waals surface area (Å²) in [5, 5.41) is 19.3. The molecule has 0 aliphatic carbocycles. The number of benzene rings is 1. The Morgan fingerprint density at radius 3 is 2.79 bits per heavy atom. The lowest BCUT2D eigenvalue weighted by molar-refractivity contribution is 0.0529. The standard InChI is InChI=1S/C23H25N7O3/c1-14-13-30(5-6-32-14)21-8-22(29-15(2)28-21)33-20-7-16(9-24)3-4-18(20)23-26-11-17(12-27-23)19(31)10-25/h3-4,7-8,11-12,14,19,31H,5-6,10,13,25H2,1-2H3/t14-,19+/m0/s1. The fraction of sp³-hybridized carbons (Fsp3) is 0.348. The van der Waals surface area contributed by atoms with Crippen LogP contribution in [0.2, 0.25) is 0 Å². The van der Waals surface area contributed by atoms with Crippen LogP contribution in [0.1, 0.15) is 30.0 Å². The van der Waals surface area contributed by atoms with E-state index >= 15 is 0 Å². The smallest absolute Gasteiger partial charge is 0.224 e. The molecule has 170 valence electrons. The Morgan fingerprint density at radius 1 is 1.30 bits per heavy atom. The van der Waals surface area contributed by atoms with E-state index in [0.717, 1.165) is 18.9 Å². The molecule has 0 unspecified atom stereocenters. The van der Waals surface area contributed by atoms with Crippen molar-refractivity contribution in [1.29, 1.82) is 5.26 Å². The molecule has 2 atom stereocenters. The molecule has 1 fully saturated rings. The molecule has 1 aliphatic rings. The molecule has 2 aromatic heterocycles. The predicted octanol–water partition coefficient (Wildman–Crippen LogP) is 2.12. The average molecular weight is 447 g/mol. The first kappa shape index (κ1) is 22.5. The minimum atomic E-state index is -0.832. The van der Waals surface area contributed by atoms with Crippen LogP contribution in [0.4, 0.5) is 5.82 Å². The van der Waals surface area contributed by atoms with E-state index in [1.165, 1.54) is 12.4 Å². The molecule has 10 heteroatoms. The number of hydrogen-bond acceptors (Lipinski definition) is 10. The zero-order chi connectivity index (χ0) is 23.4. The molecule has 4 rings (SSSR count). The Hall–Kier alpha value is -3.65. The van der Waals surface area contributed by atoms with Crippen molar-refractivity contribution >= 4 is 5.82 Å². The third kappa shape index (κ3) is 5.23. The van der Waals surface area contributed by atoms with Gasteiger partial charge in [-0.25, -0.2) is 15.0 Å². The summed E-state index contributed by atoms with van der Waals surface area (Å²) in [6, 6.07) is 8.90. The minimum Gasteiger partial charge on any atom is -0.438 e. The van der Waals surface area contributed by atoms with Gasteiger partial charge in [-0.15, -0.1) is 0 Å². The predicted molar refractivity (Wildman–Crippen MR) is 121 cm³/mol. The van der Waals surface area contributed by atoms with Crippen molar-refractivity contribution in [1.82, 2.24) is 19.9 Å². The van der Waals surface area contributed by atoms with Gasteiger partial charge in [0.15, 0.2) is 5.82 Å². The van der Waals surface area contributed by atoms with Crippen molar-refractivity contribution in [3.63, 3.8) is 0 Å².